The molecule has 0 aliphatic carbocycles. The lowest BCUT2D eigenvalue weighted by Gasteiger charge is -2.22. The van der Waals surface area contributed by atoms with Crippen molar-refractivity contribution in [3.05, 3.63) is 0 Å². The number of rotatable bonds is 5. The molecule has 0 aromatic heterocycles. The van der Waals surface area contributed by atoms with Crippen molar-refractivity contribution >= 4 is 17.8 Å². The van der Waals surface area contributed by atoms with E-state index in [0.29, 0.717) is 19.6 Å². The molecule has 1 saturated heterocycles. The molecule has 20 heavy (non-hydrogen) atoms. The molecule has 7 heteroatoms. The molecule has 2 atom stereocenters. The highest BCUT2D eigenvalue weighted by molar-refractivity contribution is 5.89. The van der Waals surface area contributed by atoms with Crippen molar-refractivity contribution in [3.63, 3.8) is 0 Å². The molecule has 1 fully saturated rings. The number of Topliss-reactive ketones (excluding diaryl/α,β-unsaturated/α-hetero) is 1. The van der Waals surface area contributed by atoms with Crippen molar-refractivity contribution in [2.75, 3.05) is 13.2 Å². The summed E-state index contributed by atoms with van der Waals surface area (Å²) in [5, 5.41) is 11.3. The number of nitrogens with one attached hydrogen (secondary N) is 1. The van der Waals surface area contributed by atoms with Gasteiger partial charge in [0.15, 0.2) is 0 Å². The van der Waals surface area contributed by atoms with Crippen LogP contribution in [0.2, 0.25) is 0 Å². The maximum Gasteiger partial charge on any atom is 0.408 e. The van der Waals surface area contributed by atoms with Crippen LogP contribution in [0.3, 0.4) is 0 Å². The molecule has 1 aliphatic heterocycles. The Labute approximate surface area is 117 Å². The lowest BCUT2D eigenvalue weighted by molar-refractivity contribution is -0.141. The fourth-order valence-corrected chi connectivity index (χ4v) is 1.81. The third-order valence-electron chi connectivity index (χ3n) is 2.78. The van der Waals surface area contributed by atoms with Gasteiger partial charge >= 0.3 is 12.1 Å². The summed E-state index contributed by atoms with van der Waals surface area (Å²) in [7, 11) is 0. The first kappa shape index (κ1) is 16.4. The average molecular weight is 287 g/mol. The largest absolute Gasteiger partial charge is 0.480 e. The first-order valence-electron chi connectivity index (χ1n) is 6.52. The third-order valence-corrected chi connectivity index (χ3v) is 2.78. The minimum Gasteiger partial charge on any atom is -0.480 e. The number of ketones is 1. The van der Waals surface area contributed by atoms with Gasteiger partial charge in [-0.05, 0) is 27.2 Å². The van der Waals surface area contributed by atoms with Gasteiger partial charge in [0.05, 0.1) is 6.61 Å². The summed E-state index contributed by atoms with van der Waals surface area (Å²) < 4.78 is 10.1. The van der Waals surface area contributed by atoms with E-state index in [9.17, 15) is 14.4 Å². The molecule has 0 radical (unpaired) electrons. The van der Waals surface area contributed by atoms with Crippen molar-refractivity contribution in [2.24, 2.45) is 5.92 Å². The van der Waals surface area contributed by atoms with Crippen LogP contribution in [0.4, 0.5) is 4.79 Å². The highest BCUT2D eigenvalue weighted by atomic mass is 16.6. The van der Waals surface area contributed by atoms with Crippen molar-refractivity contribution < 1.29 is 29.0 Å². The van der Waals surface area contributed by atoms with Gasteiger partial charge in [-0.1, -0.05) is 0 Å². The zero-order valence-electron chi connectivity index (χ0n) is 12.0. The van der Waals surface area contributed by atoms with Crippen LogP contribution in [0.25, 0.3) is 0 Å². The van der Waals surface area contributed by atoms with E-state index in [0.717, 1.165) is 0 Å². The first-order chi connectivity index (χ1) is 9.19. The van der Waals surface area contributed by atoms with Gasteiger partial charge in [-0.3, -0.25) is 4.79 Å². The summed E-state index contributed by atoms with van der Waals surface area (Å²) in [6, 6.07) is -1.28. The predicted octanol–water partition coefficient (Wildman–Crippen LogP) is 0.960. The zero-order valence-corrected chi connectivity index (χ0v) is 12.0. The van der Waals surface area contributed by atoms with Crippen molar-refractivity contribution in [1.82, 2.24) is 5.32 Å². The zero-order chi connectivity index (χ0) is 15.3. The number of alkyl carbamates (subject to hydrolysis) is 1. The first-order valence-corrected chi connectivity index (χ1v) is 6.52. The Kier molecular flexibility index (Phi) is 5.50. The topological polar surface area (TPSA) is 102 Å². The van der Waals surface area contributed by atoms with Crippen LogP contribution < -0.4 is 5.32 Å². The molecule has 0 aromatic carbocycles. The van der Waals surface area contributed by atoms with Crippen LogP contribution in [0.1, 0.15) is 33.6 Å². The molecule has 1 rings (SSSR count). The van der Waals surface area contributed by atoms with Crippen molar-refractivity contribution in [2.45, 2.75) is 45.3 Å². The van der Waals surface area contributed by atoms with Gasteiger partial charge in [0.1, 0.15) is 17.4 Å². The van der Waals surface area contributed by atoms with Crippen LogP contribution >= 0.6 is 0 Å². The van der Waals surface area contributed by atoms with E-state index in [2.05, 4.69) is 5.32 Å². The maximum absolute atomic E-state index is 11.9. The molecular weight excluding hydrogens is 266 g/mol. The van der Waals surface area contributed by atoms with E-state index in [1.807, 2.05) is 0 Å². The number of carbonyl (C=O) groups is 3. The fourth-order valence-electron chi connectivity index (χ4n) is 1.81. The van der Waals surface area contributed by atoms with E-state index >= 15 is 0 Å². The Morgan fingerprint density at radius 3 is 2.50 bits per heavy atom. The quantitative estimate of drug-likeness (QED) is 0.781. The number of hydrogen-bond donors (Lipinski definition) is 2. The molecule has 1 amide bonds. The monoisotopic (exact) mass is 287 g/mol. The van der Waals surface area contributed by atoms with Gasteiger partial charge in [0.2, 0.25) is 0 Å². The third kappa shape index (κ3) is 5.56. The van der Waals surface area contributed by atoms with Gasteiger partial charge in [-0.25, -0.2) is 9.59 Å². The maximum atomic E-state index is 11.9. The standard InChI is InChI=1S/C13H21NO6/c1-13(2,3)20-12(18)14-9(11(16)17)6-10(15)8-4-5-19-7-8/h8-9H,4-7H2,1-3H3,(H,14,18)(H,16,17). The molecule has 0 saturated carbocycles. The van der Waals surface area contributed by atoms with Crippen LogP contribution in [0.15, 0.2) is 0 Å². The molecule has 2 N–H and O–H groups in total. The van der Waals surface area contributed by atoms with Crippen LogP contribution in [0.5, 0.6) is 0 Å². The Bertz CT molecular complexity index is 381. The number of carbonyl (C=O) groups excluding carboxylic acids is 2. The second-order valence-electron chi connectivity index (χ2n) is 5.77. The summed E-state index contributed by atoms with van der Waals surface area (Å²) >= 11 is 0. The smallest absolute Gasteiger partial charge is 0.408 e. The van der Waals surface area contributed by atoms with Gasteiger partial charge in [0, 0.05) is 18.9 Å². The second kappa shape index (κ2) is 6.69. The molecule has 1 heterocycles. The molecule has 0 aromatic rings. The molecule has 1 aliphatic rings. The van der Waals surface area contributed by atoms with Crippen LogP contribution in [0, 0.1) is 5.92 Å². The lowest BCUT2D eigenvalue weighted by Crippen LogP contribution is -2.45. The fraction of sp³-hybridized carbons (Fsp3) is 0.769. The van der Waals surface area contributed by atoms with E-state index in [1.54, 1.807) is 20.8 Å². The number of ether oxygens (including phenoxy) is 2. The van der Waals surface area contributed by atoms with Crippen LogP contribution in [-0.4, -0.2) is 47.8 Å². The molecular formula is C13H21NO6. The molecule has 0 spiro atoms. The number of amides is 1. The van der Waals surface area contributed by atoms with Gasteiger partial charge in [0.25, 0.3) is 0 Å². The summed E-state index contributed by atoms with van der Waals surface area (Å²) in [6.45, 7) is 5.83. The summed E-state index contributed by atoms with van der Waals surface area (Å²) in [6.07, 6.45) is -0.513. The molecule has 0 bridgehead atoms. The Hall–Kier alpha value is -1.63. The van der Waals surface area contributed by atoms with Gasteiger partial charge in [-0.2, -0.15) is 0 Å². The molecule has 114 valence electrons. The lowest BCUT2D eigenvalue weighted by atomic mass is 9.97. The van der Waals surface area contributed by atoms with E-state index in [1.165, 1.54) is 0 Å². The highest BCUT2D eigenvalue weighted by Crippen LogP contribution is 2.16. The molecule has 2 unspecified atom stereocenters. The molecule has 7 nitrogen and oxygen atoms in total. The number of carboxylic acids is 1. The summed E-state index contributed by atoms with van der Waals surface area (Å²) in [5.41, 5.74) is -0.726. The number of hydrogen-bond acceptors (Lipinski definition) is 5. The minimum absolute atomic E-state index is 0.217. The summed E-state index contributed by atoms with van der Waals surface area (Å²) in [5.74, 6) is -1.76. The average Bonchev–Trinajstić information content (AvgIpc) is 2.78. The van der Waals surface area contributed by atoms with E-state index in [4.69, 9.17) is 14.6 Å². The van der Waals surface area contributed by atoms with E-state index in [-0.39, 0.29) is 18.1 Å². The SMILES string of the molecule is CC(C)(C)OC(=O)NC(CC(=O)C1CCOC1)C(=O)O. The van der Waals surface area contributed by atoms with Crippen LogP contribution in [-0.2, 0) is 19.1 Å². The Morgan fingerprint density at radius 2 is 2.05 bits per heavy atom. The predicted molar refractivity (Wildman–Crippen MR) is 69.3 cm³/mol. The Morgan fingerprint density at radius 1 is 1.40 bits per heavy atom. The van der Waals surface area contributed by atoms with Crippen molar-refractivity contribution in [3.8, 4) is 0 Å². The second-order valence-corrected chi connectivity index (χ2v) is 5.77. The minimum atomic E-state index is -1.28. The normalized spacial score (nSPS) is 20.2. The number of aliphatic carboxylic acids is 1. The highest BCUT2D eigenvalue weighted by Gasteiger charge is 2.30. The summed E-state index contributed by atoms with van der Waals surface area (Å²) in [4.78, 5) is 34.5. The van der Waals surface area contributed by atoms with Gasteiger partial charge in [-0.15, -0.1) is 0 Å². The Balaban J connectivity index is 2.54. The van der Waals surface area contributed by atoms with Crippen molar-refractivity contribution in [1.29, 1.82) is 0 Å². The van der Waals surface area contributed by atoms with E-state index < -0.39 is 23.7 Å². The number of carboxylic acid groups (broad SMARTS) is 1. The van der Waals surface area contributed by atoms with Gasteiger partial charge < -0.3 is 19.9 Å².